The first-order valence-corrected chi connectivity index (χ1v) is 6.88. The summed E-state index contributed by atoms with van der Waals surface area (Å²) in [5.41, 5.74) is 0.930. The van der Waals surface area contributed by atoms with Crippen LogP contribution in [0, 0.1) is 12.8 Å². The van der Waals surface area contributed by atoms with Gasteiger partial charge in [-0.3, -0.25) is 4.79 Å². The second kappa shape index (κ2) is 4.99. The molecular formula is C15H23NO3. The molecule has 0 amide bonds. The molecule has 1 fully saturated rings. The minimum atomic E-state index is -0.109. The molecule has 0 spiro atoms. The van der Waals surface area contributed by atoms with Crippen molar-refractivity contribution < 1.29 is 13.9 Å². The SMILES string of the molecule is COC(=O)C1CCC(c2nc(C)c(C(C)(C)C)o2)C1. The van der Waals surface area contributed by atoms with Crippen LogP contribution in [0.25, 0.3) is 0 Å². The van der Waals surface area contributed by atoms with Crippen LogP contribution in [-0.2, 0) is 14.9 Å². The minimum Gasteiger partial charge on any atom is -0.469 e. The normalized spacial score (nSPS) is 23.6. The predicted octanol–water partition coefficient (Wildman–Crippen LogP) is 3.34. The Bertz CT molecular complexity index is 470. The molecule has 1 saturated carbocycles. The summed E-state index contributed by atoms with van der Waals surface area (Å²) in [5, 5.41) is 0. The Morgan fingerprint density at radius 3 is 2.58 bits per heavy atom. The molecule has 0 saturated heterocycles. The van der Waals surface area contributed by atoms with E-state index in [4.69, 9.17) is 9.15 Å². The molecule has 0 bridgehead atoms. The van der Waals surface area contributed by atoms with Gasteiger partial charge in [0.05, 0.1) is 18.7 Å². The maximum Gasteiger partial charge on any atom is 0.308 e. The first-order valence-electron chi connectivity index (χ1n) is 6.88. The van der Waals surface area contributed by atoms with E-state index in [9.17, 15) is 4.79 Å². The molecular weight excluding hydrogens is 242 g/mol. The van der Waals surface area contributed by atoms with E-state index < -0.39 is 0 Å². The number of carbonyl (C=O) groups excluding carboxylic acids is 1. The van der Waals surface area contributed by atoms with Gasteiger partial charge in [-0.05, 0) is 26.2 Å². The zero-order valence-electron chi connectivity index (χ0n) is 12.4. The Kier molecular flexibility index (Phi) is 3.70. The van der Waals surface area contributed by atoms with E-state index in [1.807, 2.05) is 6.92 Å². The number of ether oxygens (including phenoxy) is 1. The standard InChI is InChI=1S/C15H23NO3/c1-9-12(15(2,3)4)19-13(16-9)10-6-7-11(8-10)14(17)18-5/h10-11H,6-8H2,1-5H3. The monoisotopic (exact) mass is 265 g/mol. The van der Waals surface area contributed by atoms with Crippen molar-refractivity contribution in [2.24, 2.45) is 5.92 Å². The van der Waals surface area contributed by atoms with Gasteiger partial charge < -0.3 is 9.15 Å². The van der Waals surface area contributed by atoms with Crippen LogP contribution in [0.3, 0.4) is 0 Å². The smallest absolute Gasteiger partial charge is 0.308 e. The Morgan fingerprint density at radius 2 is 2.05 bits per heavy atom. The van der Waals surface area contributed by atoms with Crippen LogP contribution in [-0.4, -0.2) is 18.1 Å². The summed E-state index contributed by atoms with van der Waals surface area (Å²) in [7, 11) is 1.45. The highest BCUT2D eigenvalue weighted by atomic mass is 16.5. The molecule has 1 heterocycles. The largest absolute Gasteiger partial charge is 0.469 e. The summed E-state index contributed by atoms with van der Waals surface area (Å²) in [4.78, 5) is 16.1. The van der Waals surface area contributed by atoms with Gasteiger partial charge in [0.25, 0.3) is 0 Å². The van der Waals surface area contributed by atoms with Gasteiger partial charge in [0.15, 0.2) is 5.89 Å². The van der Waals surface area contributed by atoms with E-state index in [1.54, 1.807) is 0 Å². The van der Waals surface area contributed by atoms with Gasteiger partial charge in [-0.25, -0.2) is 4.98 Å². The summed E-state index contributed by atoms with van der Waals surface area (Å²) in [6, 6.07) is 0. The minimum absolute atomic E-state index is 0.000271. The second-order valence-electron chi connectivity index (χ2n) is 6.45. The quantitative estimate of drug-likeness (QED) is 0.770. The fraction of sp³-hybridized carbons (Fsp3) is 0.733. The van der Waals surface area contributed by atoms with Crippen LogP contribution in [0.15, 0.2) is 4.42 Å². The summed E-state index contributed by atoms with van der Waals surface area (Å²) in [6.07, 6.45) is 2.60. The number of carbonyl (C=O) groups is 1. The number of aryl methyl sites for hydroxylation is 1. The topological polar surface area (TPSA) is 52.3 Å². The molecule has 2 rings (SSSR count). The van der Waals surface area contributed by atoms with Crippen LogP contribution in [0.5, 0.6) is 0 Å². The number of esters is 1. The van der Waals surface area contributed by atoms with E-state index in [1.165, 1.54) is 7.11 Å². The summed E-state index contributed by atoms with van der Waals surface area (Å²) >= 11 is 0. The lowest BCUT2D eigenvalue weighted by Gasteiger charge is -2.15. The summed E-state index contributed by atoms with van der Waals surface area (Å²) in [6.45, 7) is 8.35. The molecule has 1 aromatic rings. The predicted molar refractivity (Wildman–Crippen MR) is 72.0 cm³/mol. The summed E-state index contributed by atoms with van der Waals surface area (Å²) in [5.74, 6) is 1.87. The van der Waals surface area contributed by atoms with Crippen molar-refractivity contribution in [3.05, 3.63) is 17.3 Å². The first kappa shape index (κ1) is 14.1. The molecule has 0 aromatic carbocycles. The van der Waals surface area contributed by atoms with Gasteiger partial charge in [-0.2, -0.15) is 0 Å². The molecule has 2 unspecified atom stereocenters. The molecule has 0 radical (unpaired) electrons. The molecule has 4 heteroatoms. The highest BCUT2D eigenvalue weighted by Gasteiger charge is 2.35. The lowest BCUT2D eigenvalue weighted by molar-refractivity contribution is -0.145. The van der Waals surface area contributed by atoms with Crippen LogP contribution >= 0.6 is 0 Å². The zero-order valence-corrected chi connectivity index (χ0v) is 12.4. The van der Waals surface area contributed by atoms with E-state index >= 15 is 0 Å². The maximum absolute atomic E-state index is 11.5. The number of rotatable bonds is 2. The zero-order chi connectivity index (χ0) is 14.2. The molecule has 2 atom stereocenters. The van der Waals surface area contributed by atoms with Gasteiger partial charge >= 0.3 is 5.97 Å². The van der Waals surface area contributed by atoms with Gasteiger partial charge in [0.2, 0.25) is 0 Å². The van der Waals surface area contributed by atoms with Crippen LogP contribution in [0.4, 0.5) is 0 Å². The molecule has 1 aromatic heterocycles. The number of hydrogen-bond acceptors (Lipinski definition) is 4. The van der Waals surface area contributed by atoms with Crippen LogP contribution < -0.4 is 0 Å². The fourth-order valence-electron chi connectivity index (χ4n) is 2.87. The molecule has 1 aliphatic carbocycles. The van der Waals surface area contributed by atoms with Gasteiger partial charge in [-0.15, -0.1) is 0 Å². The molecule has 19 heavy (non-hydrogen) atoms. The highest BCUT2D eigenvalue weighted by molar-refractivity contribution is 5.72. The number of oxazole rings is 1. The lowest BCUT2D eigenvalue weighted by Crippen LogP contribution is -2.12. The van der Waals surface area contributed by atoms with Crippen molar-refractivity contribution >= 4 is 5.97 Å². The molecule has 0 N–H and O–H groups in total. The van der Waals surface area contributed by atoms with E-state index in [2.05, 4.69) is 25.8 Å². The third-order valence-electron chi connectivity index (χ3n) is 3.81. The van der Waals surface area contributed by atoms with Crippen LogP contribution in [0.2, 0.25) is 0 Å². The Labute approximate surface area is 114 Å². The lowest BCUT2D eigenvalue weighted by atomic mass is 9.92. The Balaban J connectivity index is 2.15. The van der Waals surface area contributed by atoms with Crippen molar-refractivity contribution in [2.75, 3.05) is 7.11 Å². The average molecular weight is 265 g/mol. The molecule has 1 aliphatic rings. The van der Waals surface area contributed by atoms with Crippen molar-refractivity contribution in [1.82, 2.24) is 4.98 Å². The van der Waals surface area contributed by atoms with E-state index in [0.717, 1.165) is 36.6 Å². The highest BCUT2D eigenvalue weighted by Crippen LogP contribution is 2.40. The van der Waals surface area contributed by atoms with Crippen molar-refractivity contribution in [1.29, 1.82) is 0 Å². The number of nitrogens with zero attached hydrogens (tertiary/aromatic N) is 1. The van der Waals surface area contributed by atoms with Gasteiger partial charge in [0, 0.05) is 11.3 Å². The maximum atomic E-state index is 11.5. The molecule has 0 aliphatic heterocycles. The fourth-order valence-corrected chi connectivity index (χ4v) is 2.87. The van der Waals surface area contributed by atoms with Crippen molar-refractivity contribution in [2.45, 2.75) is 58.3 Å². The average Bonchev–Trinajstić information content (AvgIpc) is 2.92. The van der Waals surface area contributed by atoms with Gasteiger partial charge in [0.1, 0.15) is 5.76 Å². The van der Waals surface area contributed by atoms with E-state index in [-0.39, 0.29) is 23.2 Å². The number of aromatic nitrogens is 1. The third-order valence-corrected chi connectivity index (χ3v) is 3.81. The Hall–Kier alpha value is -1.32. The van der Waals surface area contributed by atoms with Crippen molar-refractivity contribution in [3.8, 4) is 0 Å². The third kappa shape index (κ3) is 2.82. The molecule has 4 nitrogen and oxygen atoms in total. The first-order chi connectivity index (χ1) is 8.82. The molecule has 106 valence electrons. The van der Waals surface area contributed by atoms with Crippen LogP contribution in [0.1, 0.15) is 63.3 Å². The van der Waals surface area contributed by atoms with E-state index in [0.29, 0.717) is 0 Å². The van der Waals surface area contributed by atoms with Gasteiger partial charge in [-0.1, -0.05) is 20.8 Å². The summed E-state index contributed by atoms with van der Waals surface area (Å²) < 4.78 is 10.8. The Morgan fingerprint density at radius 1 is 1.37 bits per heavy atom. The second-order valence-corrected chi connectivity index (χ2v) is 6.45. The van der Waals surface area contributed by atoms with Crippen molar-refractivity contribution in [3.63, 3.8) is 0 Å². The number of methoxy groups -OCH3 is 1. The number of hydrogen-bond donors (Lipinski definition) is 0.